The van der Waals surface area contributed by atoms with Crippen LogP contribution >= 0.6 is 23.2 Å². The van der Waals surface area contributed by atoms with Gasteiger partial charge in [0, 0.05) is 26.8 Å². The maximum atomic E-state index is 12.8. The van der Waals surface area contributed by atoms with Crippen molar-refractivity contribution in [3.05, 3.63) is 58.1 Å². The molecule has 2 amide bonds. The fourth-order valence-electron chi connectivity index (χ4n) is 2.50. The van der Waals surface area contributed by atoms with Gasteiger partial charge < -0.3 is 19.1 Å². The first-order valence-corrected chi connectivity index (χ1v) is 11.2. The molecule has 2 aromatic carbocycles. The number of rotatable bonds is 9. The lowest BCUT2D eigenvalue weighted by molar-refractivity contribution is 0.171. The second kappa shape index (κ2) is 10.7. The molecule has 10 heteroatoms. The molecule has 0 radical (unpaired) electrons. The van der Waals surface area contributed by atoms with Crippen LogP contribution in [0, 0.1) is 0 Å². The molecule has 0 atom stereocenters. The topological polar surface area (TPSA) is 84.9 Å². The summed E-state index contributed by atoms with van der Waals surface area (Å²) in [5.41, 5.74) is 1.14. The summed E-state index contributed by atoms with van der Waals surface area (Å²) in [5.74, 6) is 0.203. The Morgan fingerprint density at radius 1 is 1.10 bits per heavy atom. The van der Waals surface area contributed by atoms with Crippen molar-refractivity contribution in [2.45, 2.75) is 13.0 Å². The number of methoxy groups -OCH3 is 1. The van der Waals surface area contributed by atoms with Crippen LogP contribution in [0.5, 0.6) is 5.75 Å². The van der Waals surface area contributed by atoms with E-state index >= 15 is 0 Å². The summed E-state index contributed by atoms with van der Waals surface area (Å²) in [6.45, 7) is 1.22. The van der Waals surface area contributed by atoms with E-state index in [1.807, 2.05) is 0 Å². The van der Waals surface area contributed by atoms with Gasteiger partial charge >= 0.3 is 16.1 Å². The molecule has 1 N–H and O–H groups in total. The number of anilines is 1. The molecule has 29 heavy (non-hydrogen) atoms. The zero-order chi connectivity index (χ0) is 21.4. The van der Waals surface area contributed by atoms with Crippen LogP contribution in [-0.4, -0.2) is 45.9 Å². The van der Waals surface area contributed by atoms with Gasteiger partial charge in [-0.15, -0.1) is 0 Å². The highest BCUT2D eigenvalue weighted by molar-refractivity contribution is 7.86. The SMILES string of the molecule is COCCCN(Cc1ccc(OS(C)(=O)=O)cc1)C(=O)Nc1c(Cl)cccc1Cl. The Hall–Kier alpha value is -2.00. The Morgan fingerprint density at radius 3 is 2.28 bits per heavy atom. The normalized spacial score (nSPS) is 11.2. The molecule has 2 aromatic rings. The minimum absolute atomic E-state index is 0.203. The molecule has 0 heterocycles. The van der Waals surface area contributed by atoms with E-state index in [1.165, 1.54) is 12.1 Å². The van der Waals surface area contributed by atoms with Crippen molar-refractivity contribution in [1.29, 1.82) is 0 Å². The number of carbonyl (C=O) groups is 1. The number of urea groups is 1. The van der Waals surface area contributed by atoms with Crippen LogP contribution in [-0.2, 0) is 21.4 Å². The largest absolute Gasteiger partial charge is 0.385 e. The predicted molar refractivity (Wildman–Crippen MR) is 114 cm³/mol. The first kappa shape index (κ1) is 23.3. The van der Waals surface area contributed by atoms with Gasteiger partial charge in [0.1, 0.15) is 5.75 Å². The minimum atomic E-state index is -3.60. The summed E-state index contributed by atoms with van der Waals surface area (Å²) < 4.78 is 32.3. The molecule has 7 nitrogen and oxygen atoms in total. The summed E-state index contributed by atoms with van der Waals surface area (Å²) in [7, 11) is -2.01. The molecule has 0 unspecified atom stereocenters. The van der Waals surface area contributed by atoms with E-state index in [0.717, 1.165) is 11.8 Å². The smallest absolute Gasteiger partial charge is 0.322 e. The highest BCUT2D eigenvalue weighted by Gasteiger charge is 2.17. The number of carbonyl (C=O) groups excluding carboxylic acids is 1. The average molecular weight is 461 g/mol. The van der Waals surface area contributed by atoms with E-state index < -0.39 is 10.1 Å². The fraction of sp³-hybridized carbons (Fsp3) is 0.316. The number of amides is 2. The van der Waals surface area contributed by atoms with Gasteiger partial charge in [-0.25, -0.2) is 4.79 Å². The third-order valence-corrected chi connectivity index (χ3v) is 4.93. The Balaban J connectivity index is 2.13. The van der Waals surface area contributed by atoms with Gasteiger partial charge in [-0.2, -0.15) is 8.42 Å². The van der Waals surface area contributed by atoms with Crippen LogP contribution < -0.4 is 9.50 Å². The van der Waals surface area contributed by atoms with Crippen LogP contribution in [0.4, 0.5) is 10.5 Å². The molecule has 0 aliphatic carbocycles. The molecule has 0 aliphatic rings. The Morgan fingerprint density at radius 2 is 1.72 bits per heavy atom. The quantitative estimate of drug-likeness (QED) is 0.442. The van der Waals surface area contributed by atoms with Crippen molar-refractivity contribution < 1.29 is 22.1 Å². The van der Waals surface area contributed by atoms with Crippen LogP contribution in [0.15, 0.2) is 42.5 Å². The van der Waals surface area contributed by atoms with E-state index in [9.17, 15) is 13.2 Å². The molecular formula is C19H22Cl2N2O5S. The van der Waals surface area contributed by atoms with Crippen molar-refractivity contribution in [1.82, 2.24) is 4.90 Å². The van der Waals surface area contributed by atoms with Crippen molar-refractivity contribution in [3.8, 4) is 5.75 Å². The van der Waals surface area contributed by atoms with Crippen molar-refractivity contribution >= 4 is 45.0 Å². The van der Waals surface area contributed by atoms with Gasteiger partial charge in [-0.3, -0.25) is 0 Å². The lowest BCUT2D eigenvalue weighted by Gasteiger charge is -2.24. The van der Waals surface area contributed by atoms with E-state index in [-0.39, 0.29) is 18.3 Å². The van der Waals surface area contributed by atoms with Crippen LogP contribution in [0.1, 0.15) is 12.0 Å². The van der Waals surface area contributed by atoms with Gasteiger partial charge in [0.15, 0.2) is 0 Å². The van der Waals surface area contributed by atoms with E-state index in [2.05, 4.69) is 5.32 Å². The highest BCUT2D eigenvalue weighted by Crippen LogP contribution is 2.30. The summed E-state index contributed by atoms with van der Waals surface area (Å²) in [4.78, 5) is 14.4. The van der Waals surface area contributed by atoms with Gasteiger partial charge in [-0.1, -0.05) is 41.4 Å². The second-order valence-corrected chi connectivity index (χ2v) is 8.62. The number of para-hydroxylation sites is 1. The molecule has 2 rings (SSSR count). The maximum absolute atomic E-state index is 12.8. The predicted octanol–water partition coefficient (Wildman–Crippen LogP) is 4.40. The third kappa shape index (κ3) is 7.74. The van der Waals surface area contributed by atoms with Crippen LogP contribution in [0.25, 0.3) is 0 Å². The third-order valence-electron chi connectivity index (χ3n) is 3.80. The zero-order valence-corrected chi connectivity index (χ0v) is 18.4. The number of benzene rings is 2. The van der Waals surface area contributed by atoms with E-state index in [0.29, 0.717) is 35.3 Å². The zero-order valence-electron chi connectivity index (χ0n) is 16.0. The molecule has 0 spiro atoms. The minimum Gasteiger partial charge on any atom is -0.385 e. The van der Waals surface area contributed by atoms with Crippen molar-refractivity contribution in [2.75, 3.05) is 31.8 Å². The Kier molecular flexibility index (Phi) is 8.58. The molecule has 0 aliphatic heterocycles. The Bertz CT molecular complexity index is 916. The summed E-state index contributed by atoms with van der Waals surface area (Å²) >= 11 is 12.3. The van der Waals surface area contributed by atoms with Gasteiger partial charge in [0.25, 0.3) is 0 Å². The monoisotopic (exact) mass is 460 g/mol. The second-order valence-electron chi connectivity index (χ2n) is 6.23. The lowest BCUT2D eigenvalue weighted by atomic mass is 10.2. The van der Waals surface area contributed by atoms with Gasteiger partial charge in [0.05, 0.1) is 22.0 Å². The first-order chi connectivity index (χ1) is 13.7. The number of hydrogen-bond donors (Lipinski definition) is 1. The molecule has 0 aromatic heterocycles. The standard InChI is InChI=1S/C19H22Cl2N2O5S/c1-27-12-4-11-23(19(24)22-18-16(20)5-3-6-17(18)21)13-14-7-9-15(10-8-14)28-29(2,25)26/h3,5-10H,4,11-13H2,1-2H3,(H,22,24). The summed E-state index contributed by atoms with van der Waals surface area (Å²) in [6, 6.07) is 11.1. The van der Waals surface area contributed by atoms with Gasteiger partial charge in [0.2, 0.25) is 0 Å². The average Bonchev–Trinajstić information content (AvgIpc) is 2.64. The molecule has 158 valence electrons. The van der Waals surface area contributed by atoms with Gasteiger partial charge in [-0.05, 0) is 36.2 Å². The maximum Gasteiger partial charge on any atom is 0.322 e. The molecule has 0 fully saturated rings. The lowest BCUT2D eigenvalue weighted by Crippen LogP contribution is -2.35. The highest BCUT2D eigenvalue weighted by atomic mass is 35.5. The number of hydrogen-bond acceptors (Lipinski definition) is 5. The van der Waals surface area contributed by atoms with Crippen LogP contribution in [0.2, 0.25) is 10.0 Å². The number of nitrogens with zero attached hydrogens (tertiary/aromatic N) is 1. The number of nitrogens with one attached hydrogen (secondary N) is 1. The Labute approximate surface area is 180 Å². The first-order valence-electron chi connectivity index (χ1n) is 8.67. The number of ether oxygens (including phenoxy) is 1. The van der Waals surface area contributed by atoms with E-state index in [1.54, 1.807) is 42.3 Å². The summed E-state index contributed by atoms with van der Waals surface area (Å²) in [5, 5.41) is 3.42. The van der Waals surface area contributed by atoms with Crippen molar-refractivity contribution in [3.63, 3.8) is 0 Å². The number of halogens is 2. The molecule has 0 bridgehead atoms. The fourth-order valence-corrected chi connectivity index (χ4v) is 3.45. The van der Waals surface area contributed by atoms with Crippen LogP contribution in [0.3, 0.4) is 0 Å². The van der Waals surface area contributed by atoms with Crippen molar-refractivity contribution in [2.24, 2.45) is 0 Å². The molecule has 0 saturated heterocycles. The van der Waals surface area contributed by atoms with E-state index in [4.69, 9.17) is 32.1 Å². The summed E-state index contributed by atoms with van der Waals surface area (Å²) in [6.07, 6.45) is 1.61. The molecular weight excluding hydrogens is 439 g/mol. The molecule has 0 saturated carbocycles.